The van der Waals surface area contributed by atoms with Crippen molar-refractivity contribution in [1.82, 2.24) is 4.98 Å². The first kappa shape index (κ1) is 7.92. The van der Waals surface area contributed by atoms with Gasteiger partial charge in [0.2, 0.25) is 0 Å². The van der Waals surface area contributed by atoms with E-state index in [9.17, 15) is 0 Å². The summed E-state index contributed by atoms with van der Waals surface area (Å²) in [5.41, 5.74) is 3.32. The van der Waals surface area contributed by atoms with Gasteiger partial charge in [0.15, 0.2) is 0 Å². The average Bonchev–Trinajstić information content (AvgIpc) is 1.95. The number of aliphatic imine (C=N–C) groups is 1. The Labute approximate surface area is 67.0 Å². The van der Waals surface area contributed by atoms with Gasteiger partial charge in [0, 0.05) is 19.5 Å². The Balaban J connectivity index is 3.09. The van der Waals surface area contributed by atoms with Crippen LogP contribution in [0.2, 0.25) is 0 Å². The third-order valence-electron chi connectivity index (χ3n) is 1.51. The predicted octanol–water partition coefficient (Wildman–Crippen LogP) is 1.75. The Morgan fingerprint density at radius 1 is 1.45 bits per heavy atom. The van der Waals surface area contributed by atoms with Gasteiger partial charge in [-0.2, -0.15) is 0 Å². The molecule has 1 aromatic heterocycles. The van der Waals surface area contributed by atoms with Crippen LogP contribution >= 0.6 is 0 Å². The summed E-state index contributed by atoms with van der Waals surface area (Å²) in [5, 5.41) is 0. The van der Waals surface area contributed by atoms with E-state index in [1.807, 2.05) is 20.0 Å². The van der Waals surface area contributed by atoms with Crippen molar-refractivity contribution in [1.29, 1.82) is 0 Å². The van der Waals surface area contributed by atoms with E-state index >= 15 is 0 Å². The fourth-order valence-electron chi connectivity index (χ4n) is 0.983. The second kappa shape index (κ2) is 3.28. The van der Waals surface area contributed by atoms with Crippen LogP contribution in [0.1, 0.15) is 16.8 Å². The molecule has 0 aliphatic rings. The molecule has 0 spiro atoms. The smallest absolute Gasteiger partial charge is 0.0836 e. The summed E-state index contributed by atoms with van der Waals surface area (Å²) in [5.74, 6) is 0. The SMILES string of the molecule is CN=Cc1ncc(C)cc1C. The molecule has 58 valence electrons. The summed E-state index contributed by atoms with van der Waals surface area (Å²) in [6.45, 7) is 4.07. The quantitative estimate of drug-likeness (QED) is 0.557. The summed E-state index contributed by atoms with van der Waals surface area (Å²) in [7, 11) is 1.75. The molecule has 0 saturated heterocycles. The number of aromatic nitrogens is 1. The maximum atomic E-state index is 4.22. The second-order valence-electron chi connectivity index (χ2n) is 2.60. The molecule has 2 heteroatoms. The summed E-state index contributed by atoms with van der Waals surface area (Å²) in [6.07, 6.45) is 3.62. The average molecular weight is 148 g/mol. The molecule has 0 N–H and O–H groups in total. The number of nitrogens with zero attached hydrogens (tertiary/aromatic N) is 2. The molecule has 0 radical (unpaired) electrons. The third kappa shape index (κ3) is 1.87. The topological polar surface area (TPSA) is 25.2 Å². The van der Waals surface area contributed by atoms with Gasteiger partial charge in [-0.3, -0.25) is 9.98 Å². The summed E-state index contributed by atoms with van der Waals surface area (Å²) >= 11 is 0. The highest BCUT2D eigenvalue weighted by Gasteiger charge is 1.94. The zero-order chi connectivity index (χ0) is 8.27. The zero-order valence-electron chi connectivity index (χ0n) is 7.13. The highest BCUT2D eigenvalue weighted by molar-refractivity contribution is 5.78. The van der Waals surface area contributed by atoms with E-state index in [4.69, 9.17) is 0 Å². The highest BCUT2D eigenvalue weighted by atomic mass is 14.7. The molecule has 0 aliphatic heterocycles. The minimum Gasteiger partial charge on any atom is -0.294 e. The van der Waals surface area contributed by atoms with Crippen molar-refractivity contribution in [2.24, 2.45) is 4.99 Å². The molecule has 0 unspecified atom stereocenters. The van der Waals surface area contributed by atoms with Gasteiger partial charge in [0.1, 0.15) is 0 Å². The maximum Gasteiger partial charge on any atom is 0.0836 e. The maximum absolute atomic E-state index is 4.22. The first-order valence-corrected chi connectivity index (χ1v) is 3.59. The molecular formula is C9H12N2. The molecule has 1 rings (SSSR count). The van der Waals surface area contributed by atoms with Gasteiger partial charge < -0.3 is 0 Å². The van der Waals surface area contributed by atoms with Crippen molar-refractivity contribution >= 4 is 6.21 Å². The number of rotatable bonds is 1. The van der Waals surface area contributed by atoms with Gasteiger partial charge in [-0.25, -0.2) is 0 Å². The van der Waals surface area contributed by atoms with Gasteiger partial charge in [-0.1, -0.05) is 6.07 Å². The van der Waals surface area contributed by atoms with E-state index in [1.165, 1.54) is 11.1 Å². The Morgan fingerprint density at radius 3 is 2.73 bits per heavy atom. The van der Waals surface area contributed by atoms with Crippen molar-refractivity contribution in [2.75, 3.05) is 7.05 Å². The monoisotopic (exact) mass is 148 g/mol. The van der Waals surface area contributed by atoms with E-state index in [-0.39, 0.29) is 0 Å². The normalized spacial score (nSPS) is 10.8. The van der Waals surface area contributed by atoms with E-state index in [1.54, 1.807) is 13.3 Å². The predicted molar refractivity (Wildman–Crippen MR) is 47.2 cm³/mol. The van der Waals surface area contributed by atoms with Crippen LogP contribution in [0.15, 0.2) is 17.3 Å². The minimum atomic E-state index is 0.957. The van der Waals surface area contributed by atoms with Gasteiger partial charge in [0.25, 0.3) is 0 Å². The summed E-state index contributed by atoms with van der Waals surface area (Å²) in [6, 6.07) is 2.10. The molecule has 0 fully saturated rings. The fraction of sp³-hybridized carbons (Fsp3) is 0.333. The molecule has 0 bridgehead atoms. The van der Waals surface area contributed by atoms with Crippen molar-refractivity contribution in [3.8, 4) is 0 Å². The molecule has 1 aromatic rings. The van der Waals surface area contributed by atoms with Crippen LogP contribution in [-0.2, 0) is 0 Å². The van der Waals surface area contributed by atoms with Crippen LogP contribution in [0.25, 0.3) is 0 Å². The van der Waals surface area contributed by atoms with Gasteiger partial charge in [-0.15, -0.1) is 0 Å². The van der Waals surface area contributed by atoms with Crippen molar-refractivity contribution in [3.63, 3.8) is 0 Å². The Morgan fingerprint density at radius 2 is 2.18 bits per heavy atom. The largest absolute Gasteiger partial charge is 0.294 e. The van der Waals surface area contributed by atoms with Crippen molar-refractivity contribution in [2.45, 2.75) is 13.8 Å². The Kier molecular flexibility index (Phi) is 2.36. The van der Waals surface area contributed by atoms with Crippen molar-refractivity contribution in [3.05, 3.63) is 29.1 Å². The molecule has 0 amide bonds. The van der Waals surface area contributed by atoms with E-state index in [0.717, 1.165) is 5.69 Å². The molecular weight excluding hydrogens is 136 g/mol. The van der Waals surface area contributed by atoms with E-state index < -0.39 is 0 Å². The van der Waals surface area contributed by atoms with Crippen LogP contribution in [0.5, 0.6) is 0 Å². The minimum absolute atomic E-state index is 0.957. The summed E-state index contributed by atoms with van der Waals surface area (Å²) < 4.78 is 0. The van der Waals surface area contributed by atoms with Crippen LogP contribution in [-0.4, -0.2) is 18.2 Å². The lowest BCUT2D eigenvalue weighted by atomic mass is 10.2. The second-order valence-corrected chi connectivity index (χ2v) is 2.60. The first-order chi connectivity index (χ1) is 5.24. The van der Waals surface area contributed by atoms with Gasteiger partial charge in [-0.05, 0) is 25.0 Å². The van der Waals surface area contributed by atoms with Crippen LogP contribution in [0.3, 0.4) is 0 Å². The van der Waals surface area contributed by atoms with Gasteiger partial charge in [0.05, 0.1) is 5.69 Å². The number of pyridine rings is 1. The molecule has 0 atom stereocenters. The lowest BCUT2D eigenvalue weighted by molar-refractivity contribution is 1.20. The molecule has 0 aromatic carbocycles. The third-order valence-corrected chi connectivity index (χ3v) is 1.51. The highest BCUT2D eigenvalue weighted by Crippen LogP contribution is 2.03. The number of hydrogen-bond acceptors (Lipinski definition) is 2. The lowest BCUT2D eigenvalue weighted by Gasteiger charge is -1.98. The Bertz CT molecular complexity index is 277. The van der Waals surface area contributed by atoms with Crippen molar-refractivity contribution < 1.29 is 0 Å². The lowest BCUT2D eigenvalue weighted by Crippen LogP contribution is -1.92. The Hall–Kier alpha value is -1.18. The zero-order valence-corrected chi connectivity index (χ0v) is 7.13. The number of aryl methyl sites for hydroxylation is 2. The molecule has 1 heterocycles. The van der Waals surface area contributed by atoms with E-state index in [0.29, 0.717) is 0 Å². The molecule has 0 aliphatic carbocycles. The summed E-state index contributed by atoms with van der Waals surface area (Å²) in [4.78, 5) is 8.13. The van der Waals surface area contributed by atoms with Crippen LogP contribution in [0.4, 0.5) is 0 Å². The van der Waals surface area contributed by atoms with Crippen LogP contribution < -0.4 is 0 Å². The molecule has 11 heavy (non-hydrogen) atoms. The molecule has 2 nitrogen and oxygen atoms in total. The number of hydrogen-bond donors (Lipinski definition) is 0. The van der Waals surface area contributed by atoms with Crippen LogP contribution in [0, 0.1) is 13.8 Å². The first-order valence-electron chi connectivity index (χ1n) is 3.59. The van der Waals surface area contributed by atoms with E-state index in [2.05, 4.69) is 16.0 Å². The molecule has 0 saturated carbocycles. The fourth-order valence-corrected chi connectivity index (χ4v) is 0.983. The standard InChI is InChI=1S/C9H12N2/c1-7-4-8(2)9(6-10-3)11-5-7/h4-6H,1-3H3. The van der Waals surface area contributed by atoms with Gasteiger partial charge >= 0.3 is 0 Å².